The number of piperazine rings is 1. The summed E-state index contributed by atoms with van der Waals surface area (Å²) in [5.74, 6) is 4.93. The Hall–Kier alpha value is -1.43. The van der Waals surface area contributed by atoms with Gasteiger partial charge in [0.15, 0.2) is 0 Å². The Morgan fingerprint density at radius 1 is 1.35 bits per heavy atom. The third-order valence-electron chi connectivity index (χ3n) is 4.16. The van der Waals surface area contributed by atoms with Gasteiger partial charge >= 0.3 is 0 Å². The number of nitrogens with zero attached hydrogens (tertiary/aromatic N) is 2. The van der Waals surface area contributed by atoms with Gasteiger partial charge in [-0.3, -0.25) is 20.0 Å². The molecular weight excluding hydrogens is 252 g/mol. The first-order valence-electron chi connectivity index (χ1n) is 7.05. The molecule has 1 saturated heterocycles. The van der Waals surface area contributed by atoms with Crippen molar-refractivity contribution >= 4 is 5.91 Å². The van der Waals surface area contributed by atoms with Gasteiger partial charge in [-0.1, -0.05) is 12.1 Å². The summed E-state index contributed by atoms with van der Waals surface area (Å²) in [6, 6.07) is 8.75. The second-order valence-corrected chi connectivity index (χ2v) is 5.73. The van der Waals surface area contributed by atoms with Gasteiger partial charge in [0.1, 0.15) is 0 Å². The zero-order valence-corrected chi connectivity index (χ0v) is 12.5. The number of carbonyl (C=O) groups is 1. The molecule has 0 spiro atoms. The van der Waals surface area contributed by atoms with Crippen LogP contribution in [-0.2, 0) is 6.54 Å². The lowest BCUT2D eigenvalue weighted by molar-refractivity contribution is 0.0556. The number of nitrogens with two attached hydrogens (primary N) is 1. The third kappa shape index (κ3) is 3.36. The first-order valence-corrected chi connectivity index (χ1v) is 7.05. The molecule has 2 atom stereocenters. The molecular formula is C15H24N4O. The highest BCUT2D eigenvalue weighted by Gasteiger charge is 2.26. The normalized spacial score (nSPS) is 24.6. The second kappa shape index (κ2) is 6.35. The number of nitrogen functional groups attached to an aromatic ring is 1. The smallest absolute Gasteiger partial charge is 0.265 e. The minimum atomic E-state index is -0.244. The minimum absolute atomic E-state index is 0.244. The van der Waals surface area contributed by atoms with Crippen molar-refractivity contribution in [2.75, 3.05) is 20.1 Å². The van der Waals surface area contributed by atoms with Crippen molar-refractivity contribution < 1.29 is 4.79 Å². The van der Waals surface area contributed by atoms with Crippen LogP contribution in [-0.4, -0.2) is 47.9 Å². The molecule has 5 nitrogen and oxygen atoms in total. The number of rotatable bonds is 3. The number of benzene rings is 1. The number of hydrogen-bond acceptors (Lipinski definition) is 4. The summed E-state index contributed by atoms with van der Waals surface area (Å²) in [5.41, 5.74) is 3.93. The van der Waals surface area contributed by atoms with E-state index in [0.29, 0.717) is 17.6 Å². The van der Waals surface area contributed by atoms with Gasteiger partial charge in [-0.05, 0) is 38.6 Å². The molecule has 1 fully saturated rings. The van der Waals surface area contributed by atoms with E-state index in [1.807, 2.05) is 12.1 Å². The van der Waals surface area contributed by atoms with Crippen LogP contribution in [0.2, 0.25) is 0 Å². The van der Waals surface area contributed by atoms with Crippen LogP contribution in [0.5, 0.6) is 0 Å². The number of likely N-dealkylation sites (N-methyl/N-ethyl adjacent to an activating group) is 1. The Kier molecular flexibility index (Phi) is 4.75. The number of nitrogens with one attached hydrogen (secondary N) is 1. The highest BCUT2D eigenvalue weighted by molar-refractivity contribution is 5.93. The van der Waals surface area contributed by atoms with Crippen LogP contribution in [0.15, 0.2) is 24.3 Å². The maximum Gasteiger partial charge on any atom is 0.265 e. The largest absolute Gasteiger partial charge is 0.298 e. The van der Waals surface area contributed by atoms with Gasteiger partial charge in [0.25, 0.3) is 5.91 Å². The highest BCUT2D eigenvalue weighted by atomic mass is 16.2. The number of hydrogen-bond donors (Lipinski definition) is 2. The molecule has 0 bridgehead atoms. The Bertz CT molecular complexity index is 465. The van der Waals surface area contributed by atoms with Gasteiger partial charge in [-0.15, -0.1) is 0 Å². The maximum absolute atomic E-state index is 11.5. The van der Waals surface area contributed by atoms with Crippen LogP contribution >= 0.6 is 0 Å². The molecule has 0 radical (unpaired) electrons. The molecule has 1 aliphatic rings. The topological polar surface area (TPSA) is 61.6 Å². The Labute approximate surface area is 120 Å². The van der Waals surface area contributed by atoms with Crippen LogP contribution in [0.25, 0.3) is 0 Å². The van der Waals surface area contributed by atoms with E-state index in [2.05, 4.69) is 42.2 Å². The standard InChI is InChI=1S/C15H24N4O/c1-11-8-19(9-12(2)18(11)3)10-13-5-4-6-14(7-13)15(20)17-16/h4-7,11-12H,8-10,16H2,1-3H3,(H,17,20). The van der Waals surface area contributed by atoms with Crippen LogP contribution in [0.3, 0.4) is 0 Å². The van der Waals surface area contributed by atoms with Crippen molar-refractivity contribution in [1.29, 1.82) is 0 Å². The fourth-order valence-electron chi connectivity index (χ4n) is 2.80. The first-order chi connectivity index (χ1) is 9.51. The van der Waals surface area contributed by atoms with E-state index in [-0.39, 0.29) is 5.91 Å². The van der Waals surface area contributed by atoms with Crippen molar-refractivity contribution in [3.8, 4) is 0 Å². The van der Waals surface area contributed by atoms with Crippen LogP contribution in [0.1, 0.15) is 29.8 Å². The quantitative estimate of drug-likeness (QED) is 0.487. The minimum Gasteiger partial charge on any atom is -0.298 e. The highest BCUT2D eigenvalue weighted by Crippen LogP contribution is 2.16. The fraction of sp³-hybridized carbons (Fsp3) is 0.533. The van der Waals surface area contributed by atoms with E-state index in [1.54, 1.807) is 6.07 Å². The van der Waals surface area contributed by atoms with Crippen molar-refractivity contribution in [2.24, 2.45) is 5.84 Å². The molecule has 20 heavy (non-hydrogen) atoms. The van der Waals surface area contributed by atoms with Gasteiger partial charge in [0.2, 0.25) is 0 Å². The summed E-state index contributed by atoms with van der Waals surface area (Å²) < 4.78 is 0. The van der Waals surface area contributed by atoms with E-state index >= 15 is 0 Å². The Balaban J connectivity index is 2.05. The predicted octanol–water partition coefficient (Wildman–Crippen LogP) is 0.815. The predicted molar refractivity (Wildman–Crippen MR) is 80.1 cm³/mol. The zero-order chi connectivity index (χ0) is 14.7. The Morgan fingerprint density at radius 2 is 2.00 bits per heavy atom. The molecule has 1 heterocycles. The van der Waals surface area contributed by atoms with Gasteiger partial charge in [0.05, 0.1) is 0 Å². The molecule has 5 heteroatoms. The summed E-state index contributed by atoms with van der Waals surface area (Å²) in [5, 5.41) is 0. The SMILES string of the molecule is CC1CN(Cc2cccc(C(=O)NN)c2)CC(C)N1C. The van der Waals surface area contributed by atoms with Gasteiger partial charge in [0, 0.05) is 37.3 Å². The van der Waals surface area contributed by atoms with Gasteiger partial charge < -0.3 is 0 Å². The molecule has 1 aromatic carbocycles. The molecule has 2 rings (SSSR count). The summed E-state index contributed by atoms with van der Waals surface area (Å²) in [4.78, 5) is 16.4. The maximum atomic E-state index is 11.5. The van der Waals surface area contributed by atoms with E-state index < -0.39 is 0 Å². The van der Waals surface area contributed by atoms with Crippen molar-refractivity contribution in [3.63, 3.8) is 0 Å². The van der Waals surface area contributed by atoms with Crippen molar-refractivity contribution in [1.82, 2.24) is 15.2 Å². The lowest BCUT2D eigenvalue weighted by Gasteiger charge is -2.42. The second-order valence-electron chi connectivity index (χ2n) is 5.73. The summed E-state index contributed by atoms with van der Waals surface area (Å²) >= 11 is 0. The molecule has 2 unspecified atom stereocenters. The molecule has 3 N–H and O–H groups in total. The summed E-state index contributed by atoms with van der Waals surface area (Å²) in [6.07, 6.45) is 0. The molecule has 0 aliphatic carbocycles. The van der Waals surface area contributed by atoms with Crippen LogP contribution in [0.4, 0.5) is 0 Å². The monoisotopic (exact) mass is 276 g/mol. The van der Waals surface area contributed by atoms with Crippen LogP contribution < -0.4 is 11.3 Å². The van der Waals surface area contributed by atoms with Gasteiger partial charge in [-0.2, -0.15) is 0 Å². The Morgan fingerprint density at radius 3 is 2.60 bits per heavy atom. The van der Waals surface area contributed by atoms with Gasteiger partial charge in [-0.25, -0.2) is 5.84 Å². The summed E-state index contributed by atoms with van der Waals surface area (Å²) in [6.45, 7) is 7.47. The molecule has 1 aromatic rings. The number of amides is 1. The fourth-order valence-corrected chi connectivity index (χ4v) is 2.80. The van der Waals surface area contributed by atoms with E-state index in [9.17, 15) is 4.79 Å². The summed E-state index contributed by atoms with van der Waals surface area (Å²) in [7, 11) is 2.18. The molecule has 110 valence electrons. The lowest BCUT2D eigenvalue weighted by Crippen LogP contribution is -2.54. The van der Waals surface area contributed by atoms with E-state index in [0.717, 1.165) is 25.2 Å². The molecule has 1 amide bonds. The lowest BCUT2D eigenvalue weighted by atomic mass is 10.1. The number of carbonyl (C=O) groups excluding carboxylic acids is 1. The average molecular weight is 276 g/mol. The first kappa shape index (κ1) is 15.0. The van der Waals surface area contributed by atoms with Crippen LogP contribution in [0, 0.1) is 0 Å². The molecule has 0 aromatic heterocycles. The molecule has 0 saturated carbocycles. The average Bonchev–Trinajstić information content (AvgIpc) is 2.44. The third-order valence-corrected chi connectivity index (χ3v) is 4.16. The van der Waals surface area contributed by atoms with Crippen molar-refractivity contribution in [2.45, 2.75) is 32.5 Å². The van der Waals surface area contributed by atoms with Crippen molar-refractivity contribution in [3.05, 3.63) is 35.4 Å². The van der Waals surface area contributed by atoms with E-state index in [1.165, 1.54) is 0 Å². The molecule has 1 aliphatic heterocycles. The zero-order valence-electron chi connectivity index (χ0n) is 12.5. The number of hydrazine groups is 1. The van der Waals surface area contributed by atoms with E-state index in [4.69, 9.17) is 5.84 Å².